The Morgan fingerprint density at radius 1 is 1.31 bits per heavy atom. The third kappa shape index (κ3) is 6.21. The molecule has 1 rings (SSSR count). The van der Waals surface area contributed by atoms with Crippen LogP contribution >= 0.6 is 25.3 Å². The van der Waals surface area contributed by atoms with Crippen molar-refractivity contribution < 1.29 is 9.59 Å². The molecule has 0 radical (unpaired) electrons. The van der Waals surface area contributed by atoms with Crippen LogP contribution in [0, 0.1) is 0 Å². The molecule has 0 fully saturated rings. The van der Waals surface area contributed by atoms with E-state index in [2.05, 4.69) is 43.4 Å². The number of nitrogens with zero attached hydrogens (tertiary/aromatic N) is 1. The Morgan fingerprint density at radius 2 is 1.88 bits per heavy atom. The number of carbonyl (C=O) groups is 2. The molecule has 1 heterocycles. The summed E-state index contributed by atoms with van der Waals surface area (Å²) in [5.41, 5.74) is 0.904. The van der Waals surface area contributed by atoms with E-state index in [4.69, 9.17) is 0 Å². The Labute approximate surface area is 105 Å². The second-order valence-corrected chi connectivity index (χ2v) is 3.39. The maximum absolute atomic E-state index is 10.7. The van der Waals surface area contributed by atoms with Crippen LogP contribution in [0.1, 0.15) is 5.69 Å². The van der Waals surface area contributed by atoms with Crippen molar-refractivity contribution in [3.63, 3.8) is 0 Å². The van der Waals surface area contributed by atoms with Crippen LogP contribution in [0.5, 0.6) is 0 Å². The fourth-order valence-electron chi connectivity index (χ4n) is 0.651. The van der Waals surface area contributed by atoms with Gasteiger partial charge in [0.25, 0.3) is 0 Å². The molecule has 1 aromatic heterocycles. The standard InChI is InChI=1S/C8H7NOS.C3H4OS/c1-6(8(10)11)7-4-2-3-5-9-7;1-2-3(4)5/h2-5H,1H2,(H,10,11);2H,1H2,(H,4,5). The average molecular weight is 253 g/mol. The number of pyridine rings is 1. The molecule has 0 aliphatic rings. The van der Waals surface area contributed by atoms with E-state index in [-0.39, 0.29) is 10.2 Å². The highest BCUT2D eigenvalue weighted by Crippen LogP contribution is 2.10. The van der Waals surface area contributed by atoms with Crippen LogP contribution in [-0.4, -0.2) is 15.2 Å². The Hall–Kier alpha value is -1.33. The topological polar surface area (TPSA) is 47.0 Å². The van der Waals surface area contributed by atoms with Gasteiger partial charge >= 0.3 is 0 Å². The fraction of sp³-hybridized carbons (Fsp3) is 0. The third-order valence-corrected chi connectivity index (χ3v) is 1.86. The minimum atomic E-state index is -0.344. The molecule has 0 atom stereocenters. The molecule has 1 aromatic rings. The Bertz CT molecular complexity index is 402. The van der Waals surface area contributed by atoms with Gasteiger partial charge in [0.15, 0.2) is 0 Å². The van der Waals surface area contributed by atoms with E-state index < -0.39 is 0 Å². The number of hydrogen-bond donors (Lipinski definition) is 2. The highest BCUT2D eigenvalue weighted by Gasteiger charge is 2.03. The Morgan fingerprint density at radius 3 is 2.19 bits per heavy atom. The van der Waals surface area contributed by atoms with E-state index in [1.807, 2.05) is 0 Å². The van der Waals surface area contributed by atoms with E-state index >= 15 is 0 Å². The molecule has 0 saturated heterocycles. The average Bonchev–Trinajstić information content (AvgIpc) is 2.29. The molecule has 16 heavy (non-hydrogen) atoms. The second kappa shape index (κ2) is 7.90. The summed E-state index contributed by atoms with van der Waals surface area (Å²) in [6.45, 7) is 6.67. The fourth-order valence-corrected chi connectivity index (χ4v) is 0.765. The van der Waals surface area contributed by atoms with E-state index in [1.54, 1.807) is 24.4 Å². The molecule has 0 bridgehead atoms. The van der Waals surface area contributed by atoms with E-state index in [0.29, 0.717) is 11.3 Å². The van der Waals surface area contributed by atoms with Gasteiger partial charge in [-0.3, -0.25) is 14.6 Å². The molecule has 0 aliphatic carbocycles. The molecular formula is C11H11NO2S2. The smallest absolute Gasteiger partial charge is 0.217 e. The minimum Gasteiger partial charge on any atom is -0.283 e. The van der Waals surface area contributed by atoms with Crippen molar-refractivity contribution >= 4 is 41.1 Å². The molecule has 0 amide bonds. The number of thiol groups is 2. The van der Waals surface area contributed by atoms with Crippen molar-refractivity contribution in [2.45, 2.75) is 0 Å². The van der Waals surface area contributed by atoms with Crippen LogP contribution in [0.2, 0.25) is 0 Å². The Balaban J connectivity index is 0.000000385. The third-order valence-electron chi connectivity index (χ3n) is 1.41. The largest absolute Gasteiger partial charge is 0.283 e. The van der Waals surface area contributed by atoms with Crippen LogP contribution in [-0.2, 0) is 9.59 Å². The summed E-state index contributed by atoms with van der Waals surface area (Å²) in [7, 11) is 0. The van der Waals surface area contributed by atoms with Crippen molar-refractivity contribution in [1.29, 1.82) is 0 Å². The zero-order valence-electron chi connectivity index (χ0n) is 8.46. The minimum absolute atomic E-state index is 0.287. The quantitative estimate of drug-likeness (QED) is 0.641. The summed E-state index contributed by atoms with van der Waals surface area (Å²) in [6.07, 6.45) is 2.75. The lowest BCUT2D eigenvalue weighted by molar-refractivity contribution is -0.107. The number of aromatic nitrogens is 1. The van der Waals surface area contributed by atoms with E-state index in [0.717, 1.165) is 6.08 Å². The molecular weight excluding hydrogens is 242 g/mol. The normalized spacial score (nSPS) is 8.38. The summed E-state index contributed by atoms with van der Waals surface area (Å²) in [4.78, 5) is 24.2. The lowest BCUT2D eigenvalue weighted by Crippen LogP contribution is -1.93. The Kier molecular flexibility index (Phi) is 7.24. The predicted octanol–water partition coefficient (Wildman–Crippen LogP) is 2.18. The lowest BCUT2D eigenvalue weighted by Gasteiger charge is -1.96. The molecule has 5 heteroatoms. The molecule has 3 nitrogen and oxygen atoms in total. The summed E-state index contributed by atoms with van der Waals surface area (Å²) in [5.74, 6) is 0. The summed E-state index contributed by atoms with van der Waals surface area (Å²) in [5, 5.41) is -0.631. The van der Waals surface area contributed by atoms with Gasteiger partial charge in [0, 0.05) is 11.8 Å². The van der Waals surface area contributed by atoms with Crippen LogP contribution in [0.4, 0.5) is 0 Å². The van der Waals surface area contributed by atoms with Crippen molar-refractivity contribution in [1.82, 2.24) is 4.98 Å². The van der Waals surface area contributed by atoms with Crippen molar-refractivity contribution in [2.75, 3.05) is 0 Å². The first-order chi connectivity index (χ1) is 7.49. The molecule has 0 aromatic carbocycles. The zero-order chi connectivity index (χ0) is 12.6. The van der Waals surface area contributed by atoms with Gasteiger partial charge < -0.3 is 0 Å². The highest BCUT2D eigenvalue weighted by molar-refractivity contribution is 7.98. The second-order valence-electron chi connectivity index (χ2n) is 2.54. The first-order valence-electron chi connectivity index (χ1n) is 4.18. The van der Waals surface area contributed by atoms with Gasteiger partial charge in [0.05, 0.1) is 5.69 Å². The van der Waals surface area contributed by atoms with Gasteiger partial charge in [-0.05, 0) is 18.2 Å². The first-order valence-corrected chi connectivity index (χ1v) is 5.07. The molecule has 0 saturated carbocycles. The van der Waals surface area contributed by atoms with Crippen molar-refractivity contribution in [2.24, 2.45) is 0 Å². The van der Waals surface area contributed by atoms with Crippen molar-refractivity contribution in [3.8, 4) is 0 Å². The van der Waals surface area contributed by atoms with Crippen LogP contribution < -0.4 is 0 Å². The summed E-state index contributed by atoms with van der Waals surface area (Å²) < 4.78 is 0. The predicted molar refractivity (Wildman–Crippen MR) is 71.5 cm³/mol. The number of carbonyl (C=O) groups excluding carboxylic acids is 2. The molecule has 0 unspecified atom stereocenters. The van der Waals surface area contributed by atoms with Crippen LogP contribution in [0.15, 0.2) is 43.6 Å². The molecule has 84 valence electrons. The van der Waals surface area contributed by atoms with Gasteiger partial charge in [-0.15, -0.1) is 25.3 Å². The number of rotatable bonds is 3. The first kappa shape index (κ1) is 14.7. The molecule has 0 spiro atoms. The van der Waals surface area contributed by atoms with Crippen LogP contribution in [0.3, 0.4) is 0 Å². The lowest BCUT2D eigenvalue weighted by atomic mass is 10.2. The van der Waals surface area contributed by atoms with E-state index in [9.17, 15) is 9.59 Å². The summed E-state index contributed by atoms with van der Waals surface area (Å²) >= 11 is 6.97. The molecule has 0 N–H and O–H groups in total. The van der Waals surface area contributed by atoms with Gasteiger partial charge in [-0.25, -0.2) is 0 Å². The maximum Gasteiger partial charge on any atom is 0.217 e. The van der Waals surface area contributed by atoms with Crippen molar-refractivity contribution in [3.05, 3.63) is 49.3 Å². The van der Waals surface area contributed by atoms with E-state index in [1.165, 1.54) is 0 Å². The van der Waals surface area contributed by atoms with Gasteiger partial charge in [0.2, 0.25) is 10.2 Å². The maximum atomic E-state index is 10.7. The summed E-state index contributed by atoms with van der Waals surface area (Å²) in [6, 6.07) is 5.29. The molecule has 0 aliphatic heterocycles. The van der Waals surface area contributed by atoms with Crippen LogP contribution in [0.25, 0.3) is 5.57 Å². The SMILES string of the molecule is C=C(C(=O)S)c1ccccn1.C=CC(=O)S. The van der Waals surface area contributed by atoms with Gasteiger partial charge in [-0.2, -0.15) is 0 Å². The number of hydrogen-bond acceptors (Lipinski definition) is 3. The zero-order valence-corrected chi connectivity index (χ0v) is 10.2. The van der Waals surface area contributed by atoms with Gasteiger partial charge in [-0.1, -0.05) is 19.2 Å². The van der Waals surface area contributed by atoms with Gasteiger partial charge in [0.1, 0.15) is 0 Å². The monoisotopic (exact) mass is 253 g/mol. The highest BCUT2D eigenvalue weighted by atomic mass is 32.1.